The molecule has 7 heteroatoms. The summed E-state index contributed by atoms with van der Waals surface area (Å²) >= 11 is 3.46. The number of halogens is 1. The van der Waals surface area contributed by atoms with Crippen LogP contribution in [0.25, 0.3) is 11.6 Å². The number of nitrogens with one attached hydrogen (secondary N) is 3. The van der Waals surface area contributed by atoms with Crippen LogP contribution < -0.4 is 10.6 Å². The van der Waals surface area contributed by atoms with Gasteiger partial charge in [0.25, 0.3) is 11.8 Å². The van der Waals surface area contributed by atoms with Gasteiger partial charge in [-0.15, -0.1) is 0 Å². The minimum absolute atomic E-state index is 0.0703. The fourth-order valence-electron chi connectivity index (χ4n) is 4.13. The Labute approximate surface area is 178 Å². The summed E-state index contributed by atoms with van der Waals surface area (Å²) in [5.41, 5.74) is 5.34. The Morgan fingerprint density at radius 3 is 2.79 bits per heavy atom. The first-order chi connectivity index (χ1) is 13.9. The van der Waals surface area contributed by atoms with Crippen LogP contribution >= 0.6 is 15.9 Å². The summed E-state index contributed by atoms with van der Waals surface area (Å²) in [4.78, 5) is 30.9. The van der Waals surface area contributed by atoms with E-state index < -0.39 is 0 Å². The van der Waals surface area contributed by atoms with Crippen molar-refractivity contribution in [2.75, 3.05) is 31.5 Å². The van der Waals surface area contributed by atoms with E-state index in [-0.39, 0.29) is 11.8 Å². The number of amides is 2. The van der Waals surface area contributed by atoms with Gasteiger partial charge in [0.2, 0.25) is 0 Å². The number of hydrogen-bond donors (Lipinski definition) is 3. The lowest BCUT2D eigenvalue weighted by Crippen LogP contribution is -2.33. The largest absolute Gasteiger partial charge is 0.358 e. The van der Waals surface area contributed by atoms with Gasteiger partial charge >= 0.3 is 0 Å². The molecule has 1 fully saturated rings. The number of carbonyl (C=O) groups excluding carboxylic acids is 2. The molecule has 1 aromatic heterocycles. The summed E-state index contributed by atoms with van der Waals surface area (Å²) in [6.45, 7) is 7.58. The molecular weight excluding hydrogens is 432 g/mol. The molecular formula is C22H25BrN4O2. The van der Waals surface area contributed by atoms with Gasteiger partial charge in [0.1, 0.15) is 0 Å². The second kappa shape index (κ2) is 8.16. The minimum Gasteiger partial charge on any atom is -0.358 e. The number of nitrogens with zero attached hydrogens (tertiary/aromatic N) is 1. The highest BCUT2D eigenvalue weighted by atomic mass is 79.9. The lowest BCUT2D eigenvalue weighted by atomic mass is 10.0. The van der Waals surface area contributed by atoms with Crippen molar-refractivity contribution in [1.82, 2.24) is 15.2 Å². The normalized spacial score (nSPS) is 17.6. The second-order valence-corrected chi connectivity index (χ2v) is 8.59. The summed E-state index contributed by atoms with van der Waals surface area (Å²) in [6, 6.07) is 5.71. The highest BCUT2D eigenvalue weighted by Gasteiger charge is 2.26. The van der Waals surface area contributed by atoms with Crippen molar-refractivity contribution in [1.29, 1.82) is 0 Å². The zero-order chi connectivity index (χ0) is 20.5. The molecule has 2 aliphatic heterocycles. The molecule has 2 aliphatic rings. The lowest BCUT2D eigenvalue weighted by molar-refractivity contribution is -0.110. The molecule has 1 aromatic carbocycles. The molecule has 1 saturated heterocycles. The van der Waals surface area contributed by atoms with Crippen LogP contribution in [0.5, 0.6) is 0 Å². The molecule has 0 bridgehead atoms. The molecule has 2 amide bonds. The number of fused-ring (bicyclic) bond motifs is 1. The van der Waals surface area contributed by atoms with E-state index in [1.165, 1.54) is 12.8 Å². The summed E-state index contributed by atoms with van der Waals surface area (Å²) in [5, 5.41) is 5.93. The molecule has 152 valence electrons. The third-order valence-electron chi connectivity index (χ3n) is 5.67. The van der Waals surface area contributed by atoms with Crippen LogP contribution in [0.3, 0.4) is 0 Å². The standard InChI is InChI=1S/C22H25BrN4O2/c1-13-19(12-17-16-11-15(23)5-6-18(16)26-21(17)28)25-14(2)20(13)22(29)24-7-10-27-8-3-4-9-27/h5-6,11-12,25H,3-4,7-10H2,1-2H3,(H,24,29)(H,26,28)/b17-12-. The molecule has 3 N–H and O–H groups in total. The zero-order valence-electron chi connectivity index (χ0n) is 16.7. The van der Waals surface area contributed by atoms with Crippen LogP contribution in [0.15, 0.2) is 22.7 Å². The van der Waals surface area contributed by atoms with E-state index >= 15 is 0 Å². The number of H-pyrrole nitrogens is 1. The Morgan fingerprint density at radius 2 is 2.03 bits per heavy atom. The number of hydrogen-bond acceptors (Lipinski definition) is 3. The third-order valence-corrected chi connectivity index (χ3v) is 6.16. The van der Waals surface area contributed by atoms with E-state index in [9.17, 15) is 9.59 Å². The molecule has 0 spiro atoms. The van der Waals surface area contributed by atoms with Crippen LogP contribution in [-0.2, 0) is 4.79 Å². The van der Waals surface area contributed by atoms with Gasteiger partial charge in [-0.05, 0) is 69.6 Å². The first-order valence-corrected chi connectivity index (χ1v) is 10.8. The smallest absolute Gasteiger partial charge is 0.256 e. The Bertz CT molecular complexity index is 1000. The van der Waals surface area contributed by atoms with Gasteiger partial charge in [0.15, 0.2) is 0 Å². The minimum atomic E-state index is -0.138. The predicted octanol–water partition coefficient (Wildman–Crippen LogP) is 3.71. The average molecular weight is 457 g/mol. The van der Waals surface area contributed by atoms with E-state index in [0.717, 1.165) is 52.3 Å². The van der Waals surface area contributed by atoms with Crippen molar-refractivity contribution in [3.8, 4) is 0 Å². The molecule has 3 heterocycles. The van der Waals surface area contributed by atoms with Crippen molar-refractivity contribution < 1.29 is 9.59 Å². The number of aryl methyl sites for hydroxylation is 1. The Balaban J connectivity index is 1.54. The molecule has 2 aromatic rings. The molecule has 29 heavy (non-hydrogen) atoms. The second-order valence-electron chi connectivity index (χ2n) is 7.67. The van der Waals surface area contributed by atoms with Gasteiger partial charge in [0.05, 0.1) is 11.1 Å². The molecule has 0 radical (unpaired) electrons. The number of likely N-dealkylation sites (tertiary alicyclic amines) is 1. The van der Waals surface area contributed by atoms with Crippen molar-refractivity contribution in [2.45, 2.75) is 26.7 Å². The maximum Gasteiger partial charge on any atom is 0.256 e. The van der Waals surface area contributed by atoms with Crippen molar-refractivity contribution in [3.05, 3.63) is 50.8 Å². The van der Waals surface area contributed by atoms with Crippen LogP contribution in [0.2, 0.25) is 0 Å². The van der Waals surface area contributed by atoms with Crippen molar-refractivity contribution in [2.24, 2.45) is 0 Å². The van der Waals surface area contributed by atoms with E-state index in [2.05, 4.69) is 36.4 Å². The summed E-state index contributed by atoms with van der Waals surface area (Å²) in [6.07, 6.45) is 4.32. The number of aromatic nitrogens is 1. The molecule has 0 unspecified atom stereocenters. The molecule has 0 saturated carbocycles. The Kier molecular flexibility index (Phi) is 5.61. The number of aromatic amines is 1. The fourth-order valence-corrected chi connectivity index (χ4v) is 4.49. The number of benzene rings is 1. The van der Waals surface area contributed by atoms with Gasteiger partial charge in [-0.25, -0.2) is 0 Å². The van der Waals surface area contributed by atoms with Crippen LogP contribution in [0, 0.1) is 13.8 Å². The molecule has 6 nitrogen and oxygen atoms in total. The van der Waals surface area contributed by atoms with Crippen LogP contribution in [0.1, 0.15) is 45.7 Å². The van der Waals surface area contributed by atoms with Gasteiger partial charge in [-0.3, -0.25) is 9.59 Å². The first-order valence-electron chi connectivity index (χ1n) is 9.96. The fraction of sp³-hybridized carbons (Fsp3) is 0.364. The predicted molar refractivity (Wildman–Crippen MR) is 119 cm³/mol. The summed E-state index contributed by atoms with van der Waals surface area (Å²) in [5.74, 6) is -0.208. The zero-order valence-corrected chi connectivity index (χ0v) is 18.3. The summed E-state index contributed by atoms with van der Waals surface area (Å²) in [7, 11) is 0. The number of carbonyl (C=O) groups is 2. The number of anilines is 1. The van der Waals surface area contributed by atoms with Crippen molar-refractivity contribution >= 4 is 45.1 Å². The van der Waals surface area contributed by atoms with E-state index in [1.807, 2.05) is 38.1 Å². The maximum atomic E-state index is 12.8. The van der Waals surface area contributed by atoms with Gasteiger partial charge < -0.3 is 20.5 Å². The topological polar surface area (TPSA) is 77.2 Å². The number of rotatable bonds is 5. The van der Waals surface area contributed by atoms with Crippen LogP contribution in [0.4, 0.5) is 5.69 Å². The Morgan fingerprint density at radius 1 is 1.28 bits per heavy atom. The monoisotopic (exact) mass is 456 g/mol. The third kappa shape index (κ3) is 4.02. The van der Waals surface area contributed by atoms with Gasteiger partial charge in [-0.1, -0.05) is 15.9 Å². The SMILES string of the molecule is Cc1[nH]c(/C=C2\C(=O)Nc3ccc(Br)cc32)c(C)c1C(=O)NCCN1CCCC1. The quantitative estimate of drug-likeness (QED) is 0.600. The molecule has 0 atom stereocenters. The van der Waals surface area contributed by atoms with Crippen molar-refractivity contribution in [3.63, 3.8) is 0 Å². The first kappa shape index (κ1) is 19.9. The van der Waals surface area contributed by atoms with Gasteiger partial charge in [0, 0.05) is 40.2 Å². The van der Waals surface area contributed by atoms with E-state index in [4.69, 9.17) is 0 Å². The highest BCUT2D eigenvalue weighted by molar-refractivity contribution is 9.10. The average Bonchev–Trinajstić information content (AvgIpc) is 3.36. The highest BCUT2D eigenvalue weighted by Crippen LogP contribution is 2.35. The molecule has 4 rings (SSSR count). The van der Waals surface area contributed by atoms with E-state index in [0.29, 0.717) is 17.7 Å². The van der Waals surface area contributed by atoms with E-state index in [1.54, 1.807) is 0 Å². The summed E-state index contributed by atoms with van der Waals surface area (Å²) < 4.78 is 0.913. The lowest BCUT2D eigenvalue weighted by Gasteiger charge is -2.14. The van der Waals surface area contributed by atoms with Gasteiger partial charge in [-0.2, -0.15) is 0 Å². The molecule has 0 aliphatic carbocycles. The Hall–Kier alpha value is -2.38. The van der Waals surface area contributed by atoms with Crippen LogP contribution in [-0.4, -0.2) is 47.9 Å². The maximum absolute atomic E-state index is 12.8.